The van der Waals surface area contributed by atoms with Gasteiger partial charge in [-0.3, -0.25) is 4.79 Å². The van der Waals surface area contributed by atoms with Gasteiger partial charge in [-0.1, -0.05) is 30.3 Å². The Morgan fingerprint density at radius 3 is 2.00 bits per heavy atom. The van der Waals surface area contributed by atoms with E-state index >= 15 is 0 Å². The smallest absolute Gasteiger partial charge is 0.332 e. The Labute approximate surface area is 206 Å². The summed E-state index contributed by atoms with van der Waals surface area (Å²) in [7, 11) is 1.24. The highest BCUT2D eigenvalue weighted by Gasteiger charge is 2.38. The molecule has 192 valence electrons. The van der Waals surface area contributed by atoms with Crippen LogP contribution in [0.2, 0.25) is 0 Å². The first-order chi connectivity index (χ1) is 17.4. The lowest BCUT2D eigenvalue weighted by Crippen LogP contribution is -2.31. The average Bonchev–Trinajstić information content (AvgIpc) is 3.33. The number of hydrogen-bond acceptors (Lipinski definition) is 5. The SMILES string of the molecule is CC(c1nc(-c2ccccc2)n(-c2ncccn2)n1)N(C)C(=O)c1cc(C(F)(F)F)cc(C(F)(F)F)c1. The summed E-state index contributed by atoms with van der Waals surface area (Å²) in [6.07, 6.45) is -7.19. The standard InChI is InChI=1S/C24H18F6N6O/c1-14(35(2)21(37)16-11-17(23(25,26)27)13-18(12-16)24(28,29)30)19-33-20(15-7-4-3-5-8-15)36(34-19)22-31-9-6-10-32-22/h3-14H,1-2H3. The van der Waals surface area contributed by atoms with Crippen molar-refractivity contribution in [2.24, 2.45) is 0 Å². The number of hydrogen-bond donors (Lipinski definition) is 0. The van der Waals surface area contributed by atoms with Crippen LogP contribution in [0.25, 0.3) is 17.3 Å². The van der Waals surface area contributed by atoms with Gasteiger partial charge in [0.2, 0.25) is 0 Å². The second-order valence-corrected chi connectivity index (χ2v) is 8.01. The largest absolute Gasteiger partial charge is 0.416 e. The Morgan fingerprint density at radius 2 is 1.46 bits per heavy atom. The van der Waals surface area contributed by atoms with Crippen LogP contribution in [0, 0.1) is 0 Å². The molecule has 0 aliphatic carbocycles. The maximum absolute atomic E-state index is 13.3. The Hall–Kier alpha value is -4.29. The number of rotatable bonds is 5. The van der Waals surface area contributed by atoms with Gasteiger partial charge in [0.25, 0.3) is 11.9 Å². The molecule has 0 fully saturated rings. The molecule has 7 nitrogen and oxygen atoms in total. The zero-order valence-electron chi connectivity index (χ0n) is 19.3. The summed E-state index contributed by atoms with van der Waals surface area (Å²) in [5.41, 5.74) is -3.29. The van der Waals surface area contributed by atoms with Crippen molar-refractivity contribution in [1.29, 1.82) is 0 Å². The molecule has 1 amide bonds. The molecule has 0 saturated heterocycles. The van der Waals surface area contributed by atoms with Crippen molar-refractivity contribution >= 4 is 5.91 Å². The van der Waals surface area contributed by atoms with Gasteiger partial charge in [-0.2, -0.15) is 31.0 Å². The van der Waals surface area contributed by atoms with Crippen LogP contribution in [0.1, 0.15) is 40.3 Å². The van der Waals surface area contributed by atoms with Crippen LogP contribution in [0.5, 0.6) is 0 Å². The summed E-state index contributed by atoms with van der Waals surface area (Å²) in [5.74, 6) is -0.496. The van der Waals surface area contributed by atoms with Crippen LogP contribution in [0.4, 0.5) is 26.3 Å². The van der Waals surface area contributed by atoms with Crippen molar-refractivity contribution < 1.29 is 31.1 Å². The van der Waals surface area contributed by atoms with Crippen LogP contribution in [-0.4, -0.2) is 42.6 Å². The molecular formula is C24H18F6N6O. The minimum absolute atomic E-state index is 0.0323. The molecule has 37 heavy (non-hydrogen) atoms. The van der Waals surface area contributed by atoms with Crippen molar-refractivity contribution in [3.8, 4) is 17.3 Å². The fraction of sp³-hybridized carbons (Fsp3) is 0.208. The molecular weight excluding hydrogens is 502 g/mol. The summed E-state index contributed by atoms with van der Waals surface area (Å²) in [6.45, 7) is 1.50. The Balaban J connectivity index is 1.73. The van der Waals surface area contributed by atoms with Crippen molar-refractivity contribution in [2.45, 2.75) is 25.3 Å². The predicted molar refractivity (Wildman–Crippen MR) is 119 cm³/mol. The highest BCUT2D eigenvalue weighted by atomic mass is 19.4. The third-order valence-electron chi connectivity index (χ3n) is 5.51. The van der Waals surface area contributed by atoms with E-state index in [-0.39, 0.29) is 17.8 Å². The van der Waals surface area contributed by atoms with Crippen molar-refractivity contribution in [3.63, 3.8) is 0 Å². The number of aromatic nitrogens is 5. The summed E-state index contributed by atoms with van der Waals surface area (Å²) in [5, 5.41) is 4.39. The molecule has 0 radical (unpaired) electrons. The predicted octanol–water partition coefficient (Wildman–Crippen LogP) is 5.60. The molecule has 2 aromatic carbocycles. The molecule has 4 rings (SSSR count). The lowest BCUT2D eigenvalue weighted by Gasteiger charge is -2.23. The van der Waals surface area contributed by atoms with Gasteiger partial charge in [-0.15, -0.1) is 5.10 Å². The van der Waals surface area contributed by atoms with Crippen LogP contribution in [0.3, 0.4) is 0 Å². The van der Waals surface area contributed by atoms with E-state index in [9.17, 15) is 31.1 Å². The number of carbonyl (C=O) groups excluding carboxylic acids is 1. The Bertz CT molecular complexity index is 1310. The summed E-state index contributed by atoms with van der Waals surface area (Å²) < 4.78 is 80.9. The quantitative estimate of drug-likeness (QED) is 0.321. The molecule has 0 N–H and O–H groups in total. The topological polar surface area (TPSA) is 76.8 Å². The van der Waals surface area contributed by atoms with Crippen molar-refractivity contribution in [1.82, 2.24) is 29.6 Å². The third kappa shape index (κ3) is 5.44. The van der Waals surface area contributed by atoms with Crippen LogP contribution < -0.4 is 0 Å². The van der Waals surface area contributed by atoms with E-state index < -0.39 is 41.0 Å². The molecule has 0 saturated carbocycles. The Morgan fingerprint density at radius 1 is 0.892 bits per heavy atom. The maximum atomic E-state index is 13.3. The summed E-state index contributed by atoms with van der Waals surface area (Å²) in [6, 6.07) is 10.3. The minimum atomic E-state index is -5.08. The molecule has 0 aliphatic rings. The molecule has 0 bridgehead atoms. The zero-order chi connectivity index (χ0) is 27.0. The van der Waals surface area contributed by atoms with Gasteiger partial charge in [0.05, 0.1) is 17.2 Å². The van der Waals surface area contributed by atoms with Gasteiger partial charge in [0.1, 0.15) is 0 Å². The first-order valence-electron chi connectivity index (χ1n) is 10.7. The molecule has 2 aromatic heterocycles. The molecule has 1 atom stereocenters. The Kier molecular flexibility index (Phi) is 6.72. The maximum Gasteiger partial charge on any atom is 0.416 e. The number of carbonyl (C=O) groups is 1. The fourth-order valence-electron chi connectivity index (χ4n) is 3.45. The average molecular weight is 520 g/mol. The molecule has 1 unspecified atom stereocenters. The lowest BCUT2D eigenvalue weighted by atomic mass is 10.0. The monoisotopic (exact) mass is 520 g/mol. The van der Waals surface area contributed by atoms with E-state index in [1.165, 1.54) is 31.0 Å². The molecule has 0 aliphatic heterocycles. The second-order valence-electron chi connectivity index (χ2n) is 8.01. The first-order valence-corrected chi connectivity index (χ1v) is 10.7. The fourth-order valence-corrected chi connectivity index (χ4v) is 3.45. The van der Waals surface area contributed by atoms with E-state index in [1.807, 2.05) is 0 Å². The van der Waals surface area contributed by atoms with Crippen molar-refractivity contribution in [3.05, 3.63) is 89.5 Å². The van der Waals surface area contributed by atoms with Crippen molar-refractivity contribution in [2.75, 3.05) is 7.05 Å². The lowest BCUT2D eigenvalue weighted by molar-refractivity contribution is -0.143. The number of nitrogens with zero attached hydrogens (tertiary/aromatic N) is 6. The van der Waals surface area contributed by atoms with Gasteiger partial charge >= 0.3 is 12.4 Å². The highest BCUT2D eigenvalue weighted by molar-refractivity contribution is 5.94. The zero-order valence-corrected chi connectivity index (χ0v) is 19.3. The summed E-state index contributed by atoms with van der Waals surface area (Å²) in [4.78, 5) is 26.8. The van der Waals surface area contributed by atoms with Crippen LogP contribution in [0.15, 0.2) is 67.0 Å². The van der Waals surface area contributed by atoms with E-state index in [0.717, 1.165) is 4.90 Å². The first kappa shape index (κ1) is 25.8. The van der Waals surface area contributed by atoms with Gasteiger partial charge < -0.3 is 4.90 Å². The number of halogens is 6. The van der Waals surface area contributed by atoms with E-state index in [1.54, 1.807) is 36.4 Å². The normalized spacial score (nSPS) is 12.9. The number of benzene rings is 2. The van der Waals surface area contributed by atoms with Gasteiger partial charge in [0, 0.05) is 30.6 Å². The molecule has 0 spiro atoms. The van der Waals surface area contributed by atoms with E-state index in [0.29, 0.717) is 23.5 Å². The minimum Gasteiger partial charge on any atom is -0.332 e. The van der Waals surface area contributed by atoms with Crippen LogP contribution >= 0.6 is 0 Å². The second kappa shape index (κ2) is 9.64. The molecule has 4 aromatic rings. The molecule has 2 heterocycles. The third-order valence-corrected chi connectivity index (χ3v) is 5.51. The summed E-state index contributed by atoms with van der Waals surface area (Å²) >= 11 is 0. The highest BCUT2D eigenvalue weighted by Crippen LogP contribution is 2.37. The van der Waals surface area contributed by atoms with Crippen LogP contribution in [-0.2, 0) is 12.4 Å². The number of alkyl halides is 6. The van der Waals surface area contributed by atoms with E-state index in [4.69, 9.17) is 0 Å². The number of amides is 1. The molecule has 13 heteroatoms. The van der Waals surface area contributed by atoms with Gasteiger partial charge in [-0.25, -0.2) is 15.0 Å². The van der Waals surface area contributed by atoms with E-state index in [2.05, 4.69) is 20.1 Å². The van der Waals surface area contributed by atoms with Gasteiger partial charge in [-0.05, 0) is 31.2 Å². The van der Waals surface area contributed by atoms with Gasteiger partial charge in [0.15, 0.2) is 11.6 Å².